The number of hydrogen-bond donors (Lipinski definition) is 1. The third-order valence-corrected chi connectivity index (χ3v) is 4.36. The lowest BCUT2D eigenvalue weighted by Crippen LogP contribution is -2.46. The van der Waals surface area contributed by atoms with Gasteiger partial charge in [-0.3, -0.25) is 24.6 Å². The summed E-state index contributed by atoms with van der Waals surface area (Å²) in [6, 6.07) is 11.0. The predicted molar refractivity (Wildman–Crippen MR) is 83.1 cm³/mol. The SMILES string of the molecule is O=C1CC(N2C(=O)CCc3c2ccn3-c2ccccc2)C(=O)N1. The highest BCUT2D eigenvalue weighted by atomic mass is 16.2. The molecule has 4 rings (SSSR count). The molecule has 1 atom stereocenters. The van der Waals surface area contributed by atoms with Crippen LogP contribution in [0, 0.1) is 0 Å². The number of nitrogens with one attached hydrogen (secondary N) is 1. The molecule has 0 aliphatic carbocycles. The Balaban J connectivity index is 1.78. The van der Waals surface area contributed by atoms with Gasteiger partial charge in [0.05, 0.1) is 12.1 Å². The van der Waals surface area contributed by atoms with Crippen LogP contribution in [0.3, 0.4) is 0 Å². The van der Waals surface area contributed by atoms with Gasteiger partial charge in [0, 0.05) is 24.0 Å². The Kier molecular flexibility index (Phi) is 3.04. The number of benzene rings is 1. The fourth-order valence-electron chi connectivity index (χ4n) is 3.32. The molecule has 3 heterocycles. The van der Waals surface area contributed by atoms with E-state index in [2.05, 4.69) is 5.32 Å². The number of para-hydroxylation sites is 1. The number of hydrogen-bond acceptors (Lipinski definition) is 3. The van der Waals surface area contributed by atoms with Crippen molar-refractivity contribution >= 4 is 23.4 Å². The van der Waals surface area contributed by atoms with E-state index in [-0.39, 0.29) is 18.2 Å². The number of imide groups is 1. The summed E-state index contributed by atoms with van der Waals surface area (Å²) in [7, 11) is 0. The zero-order valence-corrected chi connectivity index (χ0v) is 12.4. The fraction of sp³-hybridized carbons (Fsp3) is 0.235. The van der Waals surface area contributed by atoms with Crippen LogP contribution in [-0.2, 0) is 20.8 Å². The van der Waals surface area contributed by atoms with Crippen molar-refractivity contribution in [1.29, 1.82) is 0 Å². The summed E-state index contributed by atoms with van der Waals surface area (Å²) in [5.41, 5.74) is 2.72. The van der Waals surface area contributed by atoms with Crippen LogP contribution in [0.25, 0.3) is 5.69 Å². The van der Waals surface area contributed by atoms with Crippen molar-refractivity contribution in [2.75, 3.05) is 4.90 Å². The number of amides is 3. The Morgan fingerprint density at radius 2 is 1.78 bits per heavy atom. The molecule has 1 saturated heterocycles. The number of fused-ring (bicyclic) bond motifs is 1. The molecule has 2 aromatic rings. The van der Waals surface area contributed by atoms with Gasteiger partial charge in [0.2, 0.25) is 17.7 Å². The Morgan fingerprint density at radius 1 is 1.00 bits per heavy atom. The van der Waals surface area contributed by atoms with Gasteiger partial charge in [-0.15, -0.1) is 0 Å². The highest BCUT2D eigenvalue weighted by Crippen LogP contribution is 2.34. The van der Waals surface area contributed by atoms with Gasteiger partial charge in [0.25, 0.3) is 0 Å². The topological polar surface area (TPSA) is 71.4 Å². The van der Waals surface area contributed by atoms with Gasteiger partial charge < -0.3 is 4.57 Å². The molecular formula is C17H15N3O3. The van der Waals surface area contributed by atoms with Crippen molar-refractivity contribution in [3.8, 4) is 5.69 Å². The Bertz CT molecular complexity index is 810. The smallest absolute Gasteiger partial charge is 0.250 e. The molecule has 6 heteroatoms. The molecule has 0 radical (unpaired) electrons. The molecule has 1 N–H and O–H groups in total. The molecule has 0 saturated carbocycles. The Hall–Kier alpha value is -2.89. The van der Waals surface area contributed by atoms with E-state index in [0.717, 1.165) is 17.1 Å². The van der Waals surface area contributed by atoms with E-state index < -0.39 is 11.9 Å². The molecule has 1 aromatic carbocycles. The second kappa shape index (κ2) is 5.08. The van der Waals surface area contributed by atoms with Gasteiger partial charge in [-0.2, -0.15) is 0 Å². The summed E-state index contributed by atoms with van der Waals surface area (Å²) < 4.78 is 2.03. The molecule has 23 heavy (non-hydrogen) atoms. The van der Waals surface area contributed by atoms with E-state index in [4.69, 9.17) is 0 Å². The summed E-state index contributed by atoms with van der Waals surface area (Å²) in [5.74, 6) is -0.843. The summed E-state index contributed by atoms with van der Waals surface area (Å²) in [4.78, 5) is 37.3. The summed E-state index contributed by atoms with van der Waals surface area (Å²) >= 11 is 0. The molecule has 6 nitrogen and oxygen atoms in total. The number of carbonyl (C=O) groups is 3. The van der Waals surface area contributed by atoms with Gasteiger partial charge in [-0.1, -0.05) is 18.2 Å². The van der Waals surface area contributed by atoms with Gasteiger partial charge in [-0.25, -0.2) is 0 Å². The minimum absolute atomic E-state index is 0.0283. The maximum absolute atomic E-state index is 12.4. The van der Waals surface area contributed by atoms with E-state index >= 15 is 0 Å². The van der Waals surface area contributed by atoms with Gasteiger partial charge >= 0.3 is 0 Å². The van der Waals surface area contributed by atoms with Crippen molar-refractivity contribution in [2.24, 2.45) is 0 Å². The third-order valence-electron chi connectivity index (χ3n) is 4.36. The Labute approximate surface area is 132 Å². The van der Waals surface area contributed by atoms with Gasteiger partial charge in [-0.05, 0) is 24.6 Å². The van der Waals surface area contributed by atoms with Crippen LogP contribution in [0.2, 0.25) is 0 Å². The van der Waals surface area contributed by atoms with E-state index in [0.29, 0.717) is 12.8 Å². The molecule has 1 fully saturated rings. The van der Waals surface area contributed by atoms with Crippen molar-refractivity contribution < 1.29 is 14.4 Å². The van der Waals surface area contributed by atoms with Gasteiger partial charge in [0.1, 0.15) is 6.04 Å². The van der Waals surface area contributed by atoms with Crippen LogP contribution in [0.1, 0.15) is 18.5 Å². The lowest BCUT2D eigenvalue weighted by molar-refractivity contribution is -0.127. The van der Waals surface area contributed by atoms with Crippen LogP contribution < -0.4 is 10.2 Å². The lowest BCUT2D eigenvalue weighted by atomic mass is 10.0. The maximum Gasteiger partial charge on any atom is 0.250 e. The Morgan fingerprint density at radius 3 is 2.48 bits per heavy atom. The summed E-state index contributed by atoms with van der Waals surface area (Å²) in [5, 5.41) is 2.28. The number of rotatable bonds is 2. The average Bonchev–Trinajstić information content (AvgIpc) is 3.11. The molecule has 3 amide bonds. The molecule has 0 spiro atoms. The fourth-order valence-corrected chi connectivity index (χ4v) is 3.32. The second-order valence-electron chi connectivity index (χ2n) is 5.75. The molecule has 0 bridgehead atoms. The first-order valence-electron chi connectivity index (χ1n) is 7.56. The normalized spacial score (nSPS) is 20.6. The monoisotopic (exact) mass is 309 g/mol. The molecule has 1 aromatic heterocycles. The summed E-state index contributed by atoms with van der Waals surface area (Å²) in [6.45, 7) is 0. The van der Waals surface area contributed by atoms with E-state index in [1.807, 2.05) is 47.2 Å². The van der Waals surface area contributed by atoms with Crippen LogP contribution in [0.4, 0.5) is 5.69 Å². The van der Waals surface area contributed by atoms with Crippen molar-refractivity contribution in [3.05, 3.63) is 48.3 Å². The van der Waals surface area contributed by atoms with Crippen molar-refractivity contribution in [1.82, 2.24) is 9.88 Å². The number of nitrogens with zero attached hydrogens (tertiary/aromatic N) is 2. The second-order valence-corrected chi connectivity index (χ2v) is 5.75. The van der Waals surface area contributed by atoms with E-state index in [9.17, 15) is 14.4 Å². The molecule has 1 unspecified atom stereocenters. The first-order chi connectivity index (χ1) is 11.1. The third kappa shape index (κ3) is 2.14. The van der Waals surface area contributed by atoms with E-state index in [1.54, 1.807) is 0 Å². The number of anilines is 1. The minimum Gasteiger partial charge on any atom is -0.319 e. The first-order valence-corrected chi connectivity index (χ1v) is 7.56. The summed E-state index contributed by atoms with van der Waals surface area (Å²) in [6.07, 6.45) is 2.89. The largest absolute Gasteiger partial charge is 0.319 e. The quantitative estimate of drug-likeness (QED) is 0.847. The zero-order chi connectivity index (χ0) is 16.0. The van der Waals surface area contributed by atoms with Crippen LogP contribution in [-0.4, -0.2) is 28.3 Å². The molecular weight excluding hydrogens is 294 g/mol. The minimum atomic E-state index is -0.735. The van der Waals surface area contributed by atoms with Crippen LogP contribution in [0.5, 0.6) is 0 Å². The molecule has 116 valence electrons. The zero-order valence-electron chi connectivity index (χ0n) is 12.4. The maximum atomic E-state index is 12.4. The average molecular weight is 309 g/mol. The standard InChI is InChI=1S/C17H15N3O3/c21-15-10-14(17(23)18-15)20-13-8-9-19(11-4-2-1-3-5-11)12(13)6-7-16(20)22/h1-5,8-9,14H,6-7,10H2,(H,18,21,23). The van der Waals surface area contributed by atoms with Crippen molar-refractivity contribution in [2.45, 2.75) is 25.3 Å². The molecule has 2 aliphatic rings. The first kappa shape index (κ1) is 13.8. The van der Waals surface area contributed by atoms with Crippen molar-refractivity contribution in [3.63, 3.8) is 0 Å². The predicted octanol–water partition coefficient (Wildman–Crippen LogP) is 1.17. The highest BCUT2D eigenvalue weighted by molar-refractivity contribution is 6.12. The van der Waals surface area contributed by atoms with Crippen LogP contribution >= 0.6 is 0 Å². The van der Waals surface area contributed by atoms with E-state index in [1.165, 1.54) is 4.90 Å². The number of carbonyl (C=O) groups excluding carboxylic acids is 3. The van der Waals surface area contributed by atoms with Crippen LogP contribution in [0.15, 0.2) is 42.6 Å². The lowest BCUT2D eigenvalue weighted by Gasteiger charge is -2.31. The molecule has 2 aliphatic heterocycles. The van der Waals surface area contributed by atoms with Gasteiger partial charge in [0.15, 0.2) is 0 Å². The number of aromatic nitrogens is 1. The highest BCUT2D eigenvalue weighted by Gasteiger charge is 2.41.